The summed E-state index contributed by atoms with van der Waals surface area (Å²) >= 11 is 4.55. The third kappa shape index (κ3) is 5.32. The molecule has 0 aliphatic carbocycles. The Morgan fingerprint density at radius 3 is 2.50 bits per heavy atom. The Morgan fingerprint density at radius 1 is 1.45 bits per heavy atom. The number of hydrazone groups is 1. The summed E-state index contributed by atoms with van der Waals surface area (Å²) < 4.78 is 42.5. The first kappa shape index (κ1) is 17.9. The van der Waals surface area contributed by atoms with Gasteiger partial charge >= 0.3 is 12.1 Å². The van der Waals surface area contributed by atoms with E-state index in [1.165, 1.54) is 18.3 Å². The van der Waals surface area contributed by atoms with Crippen molar-refractivity contribution in [1.29, 1.82) is 0 Å². The van der Waals surface area contributed by atoms with Gasteiger partial charge in [0, 0.05) is 6.21 Å². The number of halogens is 3. The minimum absolute atomic E-state index is 0.105. The molecule has 0 bridgehead atoms. The third-order valence-electron chi connectivity index (χ3n) is 2.54. The van der Waals surface area contributed by atoms with Crippen LogP contribution < -0.4 is 11.2 Å². The van der Waals surface area contributed by atoms with Crippen LogP contribution in [0.3, 0.4) is 0 Å². The van der Waals surface area contributed by atoms with Crippen LogP contribution in [0.1, 0.15) is 24.0 Å². The van der Waals surface area contributed by atoms with Gasteiger partial charge in [-0.1, -0.05) is 12.1 Å². The van der Waals surface area contributed by atoms with E-state index in [1.807, 2.05) is 0 Å². The van der Waals surface area contributed by atoms with Crippen LogP contribution >= 0.6 is 12.2 Å². The number of alkyl halides is 3. The van der Waals surface area contributed by atoms with Crippen LogP contribution in [0.15, 0.2) is 29.4 Å². The number of benzene rings is 1. The summed E-state index contributed by atoms with van der Waals surface area (Å²) in [5, 5.41) is 3.55. The van der Waals surface area contributed by atoms with Crippen molar-refractivity contribution in [2.24, 2.45) is 10.8 Å². The number of hydrogen-bond donors (Lipinski definition) is 2. The lowest BCUT2D eigenvalue weighted by atomic mass is 9.99. The summed E-state index contributed by atoms with van der Waals surface area (Å²) in [6.07, 6.45) is -3.28. The normalized spacial score (nSPS) is 12.9. The van der Waals surface area contributed by atoms with E-state index >= 15 is 0 Å². The van der Waals surface area contributed by atoms with Gasteiger partial charge in [-0.2, -0.15) is 18.3 Å². The highest BCUT2D eigenvalue weighted by Gasteiger charge is 2.30. The summed E-state index contributed by atoms with van der Waals surface area (Å²) in [7, 11) is 0. The molecule has 22 heavy (non-hydrogen) atoms. The van der Waals surface area contributed by atoms with Gasteiger partial charge in [0.15, 0.2) is 5.11 Å². The summed E-state index contributed by atoms with van der Waals surface area (Å²) in [5.74, 6) is -1.61. The lowest BCUT2D eigenvalue weighted by molar-refractivity contribution is -0.143. The number of thiocarbonyl (C=S) groups is 1. The number of hydrogen-bond acceptors (Lipinski definition) is 4. The summed E-state index contributed by atoms with van der Waals surface area (Å²) in [6.45, 7) is 1.75. The van der Waals surface area contributed by atoms with Gasteiger partial charge in [-0.25, -0.2) is 0 Å². The van der Waals surface area contributed by atoms with Crippen LogP contribution in [0.25, 0.3) is 0 Å². The molecule has 5 nitrogen and oxygen atoms in total. The fourth-order valence-electron chi connectivity index (χ4n) is 1.57. The number of nitrogens with one attached hydrogen (secondary N) is 1. The van der Waals surface area contributed by atoms with Crippen molar-refractivity contribution in [2.75, 3.05) is 6.61 Å². The second-order valence-electron chi connectivity index (χ2n) is 4.10. The third-order valence-corrected chi connectivity index (χ3v) is 2.63. The van der Waals surface area contributed by atoms with Crippen molar-refractivity contribution >= 4 is 29.5 Å². The smallest absolute Gasteiger partial charge is 0.416 e. The molecule has 1 unspecified atom stereocenters. The van der Waals surface area contributed by atoms with Crippen LogP contribution in [0.2, 0.25) is 0 Å². The fourth-order valence-corrected chi connectivity index (χ4v) is 1.62. The van der Waals surface area contributed by atoms with Crippen molar-refractivity contribution in [1.82, 2.24) is 5.43 Å². The summed E-state index contributed by atoms with van der Waals surface area (Å²) in [5.41, 5.74) is 6.95. The maximum absolute atomic E-state index is 12.5. The van der Waals surface area contributed by atoms with E-state index in [1.54, 1.807) is 6.92 Å². The molecule has 0 heterocycles. The number of nitrogens with zero attached hydrogens (tertiary/aromatic N) is 1. The largest absolute Gasteiger partial charge is 0.465 e. The first-order valence-electron chi connectivity index (χ1n) is 6.18. The molecule has 0 saturated heterocycles. The second-order valence-corrected chi connectivity index (χ2v) is 4.54. The van der Waals surface area contributed by atoms with Crippen LogP contribution in [-0.4, -0.2) is 23.9 Å². The maximum atomic E-state index is 12.5. The molecule has 0 radical (unpaired) electrons. The first-order valence-corrected chi connectivity index (χ1v) is 6.59. The molecule has 0 aromatic heterocycles. The van der Waals surface area contributed by atoms with E-state index in [0.29, 0.717) is 5.56 Å². The molecule has 1 aromatic carbocycles. The number of carbonyl (C=O) groups excluding carboxylic acids is 1. The predicted octanol–water partition coefficient (Wildman–Crippen LogP) is 2.17. The van der Waals surface area contributed by atoms with Gasteiger partial charge in [-0.3, -0.25) is 10.2 Å². The molecule has 1 aromatic rings. The monoisotopic (exact) mass is 333 g/mol. The predicted molar refractivity (Wildman–Crippen MR) is 79.2 cm³/mol. The van der Waals surface area contributed by atoms with Crippen molar-refractivity contribution in [3.63, 3.8) is 0 Å². The SMILES string of the molecule is CCOC(=O)C(/C=N/NC(N)=S)c1ccc(C(F)(F)F)cc1. The van der Waals surface area contributed by atoms with Crippen molar-refractivity contribution < 1.29 is 22.7 Å². The highest BCUT2D eigenvalue weighted by molar-refractivity contribution is 7.80. The molecule has 0 fully saturated rings. The van der Waals surface area contributed by atoms with Crippen molar-refractivity contribution in [3.05, 3.63) is 35.4 Å². The Labute approximate surface area is 130 Å². The standard InChI is InChI=1S/C13H14F3N3O2S/c1-2-21-11(20)10(7-18-19-12(17)22)8-3-5-9(6-4-8)13(14,15)16/h3-7,10H,2H2,1H3,(H3,17,19,22)/b18-7+. The van der Waals surface area contributed by atoms with Gasteiger partial charge in [0.25, 0.3) is 0 Å². The molecular formula is C13H14F3N3O2S. The summed E-state index contributed by atoms with van der Waals surface area (Å²) in [4.78, 5) is 11.9. The van der Waals surface area contributed by atoms with E-state index in [4.69, 9.17) is 10.5 Å². The van der Waals surface area contributed by atoms with E-state index < -0.39 is 23.6 Å². The Bertz CT molecular complexity index is 559. The van der Waals surface area contributed by atoms with Crippen molar-refractivity contribution in [2.45, 2.75) is 19.0 Å². The Balaban J connectivity index is 3.02. The molecule has 120 valence electrons. The van der Waals surface area contributed by atoms with E-state index in [-0.39, 0.29) is 11.7 Å². The molecule has 1 rings (SSSR count). The highest BCUT2D eigenvalue weighted by atomic mass is 32.1. The number of esters is 1. The zero-order chi connectivity index (χ0) is 16.8. The second kappa shape index (κ2) is 7.74. The van der Waals surface area contributed by atoms with Crippen molar-refractivity contribution in [3.8, 4) is 0 Å². The zero-order valence-corrected chi connectivity index (χ0v) is 12.4. The van der Waals surface area contributed by atoms with E-state index in [9.17, 15) is 18.0 Å². The van der Waals surface area contributed by atoms with Gasteiger partial charge in [0.1, 0.15) is 5.92 Å². The lowest BCUT2D eigenvalue weighted by Gasteiger charge is -2.13. The maximum Gasteiger partial charge on any atom is 0.416 e. The minimum atomic E-state index is -4.45. The number of rotatable bonds is 5. The molecule has 0 saturated carbocycles. The average Bonchev–Trinajstić information content (AvgIpc) is 2.43. The lowest BCUT2D eigenvalue weighted by Crippen LogP contribution is -2.25. The highest BCUT2D eigenvalue weighted by Crippen LogP contribution is 2.30. The van der Waals surface area contributed by atoms with Gasteiger partial charge in [-0.15, -0.1) is 0 Å². The van der Waals surface area contributed by atoms with E-state index in [2.05, 4.69) is 22.7 Å². The average molecular weight is 333 g/mol. The Hall–Kier alpha value is -2.16. The van der Waals surface area contributed by atoms with Gasteiger partial charge in [-0.05, 0) is 36.8 Å². The van der Waals surface area contributed by atoms with E-state index in [0.717, 1.165) is 12.1 Å². The molecule has 9 heteroatoms. The summed E-state index contributed by atoms with van der Waals surface area (Å²) in [6, 6.07) is 4.15. The molecule has 0 aliphatic rings. The molecular weight excluding hydrogens is 319 g/mol. The topological polar surface area (TPSA) is 76.7 Å². The zero-order valence-electron chi connectivity index (χ0n) is 11.6. The number of carbonyl (C=O) groups is 1. The van der Waals surface area contributed by atoms with Crippen LogP contribution in [-0.2, 0) is 15.7 Å². The number of ether oxygens (including phenoxy) is 1. The van der Waals surface area contributed by atoms with Crippen LogP contribution in [0.4, 0.5) is 13.2 Å². The van der Waals surface area contributed by atoms with Gasteiger partial charge in [0.2, 0.25) is 0 Å². The Morgan fingerprint density at radius 2 is 2.05 bits per heavy atom. The first-order chi connectivity index (χ1) is 10.3. The molecule has 0 aliphatic heterocycles. The van der Waals surface area contributed by atoms with Crippen LogP contribution in [0.5, 0.6) is 0 Å². The van der Waals surface area contributed by atoms with Gasteiger partial charge < -0.3 is 10.5 Å². The Kier molecular flexibility index (Phi) is 6.29. The molecule has 0 amide bonds. The fraction of sp³-hybridized carbons (Fsp3) is 0.308. The van der Waals surface area contributed by atoms with Gasteiger partial charge in [0.05, 0.1) is 12.2 Å². The quantitative estimate of drug-likeness (QED) is 0.374. The minimum Gasteiger partial charge on any atom is -0.465 e. The molecule has 1 atom stereocenters. The van der Waals surface area contributed by atoms with Crippen LogP contribution in [0, 0.1) is 0 Å². The molecule has 0 spiro atoms. The number of nitrogens with two attached hydrogens (primary N) is 1. The molecule has 3 N–H and O–H groups in total.